The van der Waals surface area contributed by atoms with E-state index >= 15 is 0 Å². The fraction of sp³-hybridized carbons (Fsp3) is 0.522. The van der Waals surface area contributed by atoms with E-state index in [-0.39, 0.29) is 22.8 Å². The van der Waals surface area contributed by atoms with Crippen molar-refractivity contribution in [1.82, 2.24) is 35.5 Å². The van der Waals surface area contributed by atoms with Gasteiger partial charge in [0.1, 0.15) is 5.75 Å². The van der Waals surface area contributed by atoms with Crippen LogP contribution in [0.5, 0.6) is 5.75 Å². The average Bonchev–Trinajstić information content (AvgIpc) is 3.31. The van der Waals surface area contributed by atoms with Gasteiger partial charge in [0.05, 0.1) is 11.8 Å². The highest BCUT2D eigenvalue weighted by Gasteiger charge is 2.43. The number of tetrazole rings is 1. The summed E-state index contributed by atoms with van der Waals surface area (Å²) in [6.07, 6.45) is 2.16. The Labute approximate surface area is 197 Å². The van der Waals surface area contributed by atoms with Crippen LogP contribution in [0.1, 0.15) is 48.0 Å². The molecule has 0 saturated carbocycles. The molecule has 5 rings (SSSR count). The first kappa shape index (κ1) is 22.5. The molecule has 180 valence electrons. The summed E-state index contributed by atoms with van der Waals surface area (Å²) in [5, 5.41) is 22.0. The molecule has 3 aromatic rings. The van der Waals surface area contributed by atoms with Crippen molar-refractivity contribution in [2.24, 2.45) is 5.92 Å². The largest absolute Gasteiger partial charge is 0.466 e. The molecule has 11 heteroatoms. The minimum atomic E-state index is -0.694. The van der Waals surface area contributed by atoms with E-state index in [0.717, 1.165) is 12.0 Å². The molecule has 0 radical (unpaired) electrons. The van der Waals surface area contributed by atoms with Crippen molar-refractivity contribution < 1.29 is 9.13 Å². The molecule has 2 aliphatic rings. The van der Waals surface area contributed by atoms with Gasteiger partial charge in [0, 0.05) is 23.3 Å². The van der Waals surface area contributed by atoms with Gasteiger partial charge in [0.25, 0.3) is 0 Å². The van der Waals surface area contributed by atoms with Gasteiger partial charge in [-0.15, -0.1) is 5.10 Å². The number of hydrogen-bond acceptors (Lipinski definition) is 9. The number of nitrogens with one attached hydrogen (secondary N) is 3. The van der Waals surface area contributed by atoms with Crippen LogP contribution in [0.3, 0.4) is 0 Å². The lowest BCUT2D eigenvalue weighted by atomic mass is 9.87. The van der Waals surface area contributed by atoms with Crippen molar-refractivity contribution in [2.45, 2.75) is 64.8 Å². The molecule has 1 saturated heterocycles. The van der Waals surface area contributed by atoms with Gasteiger partial charge in [0.2, 0.25) is 11.7 Å². The van der Waals surface area contributed by atoms with Crippen LogP contribution in [0.15, 0.2) is 24.4 Å². The van der Waals surface area contributed by atoms with Gasteiger partial charge in [-0.05, 0) is 82.5 Å². The molecular formula is C23H30FN9O. The lowest BCUT2D eigenvalue weighted by molar-refractivity contribution is 0.0120. The topological polar surface area (TPSA) is 115 Å². The van der Waals surface area contributed by atoms with E-state index in [1.807, 2.05) is 32.0 Å². The predicted molar refractivity (Wildman–Crippen MR) is 126 cm³/mol. The van der Waals surface area contributed by atoms with E-state index in [4.69, 9.17) is 4.74 Å². The fourth-order valence-corrected chi connectivity index (χ4v) is 5.03. The Morgan fingerprint density at radius 2 is 2.00 bits per heavy atom. The predicted octanol–water partition coefficient (Wildman–Crippen LogP) is 3.68. The quantitative estimate of drug-likeness (QED) is 0.517. The molecule has 1 aromatic carbocycles. The van der Waals surface area contributed by atoms with E-state index < -0.39 is 11.5 Å². The van der Waals surface area contributed by atoms with Crippen molar-refractivity contribution in [1.29, 1.82) is 0 Å². The lowest BCUT2D eigenvalue weighted by Gasteiger charge is -2.32. The summed E-state index contributed by atoms with van der Waals surface area (Å²) >= 11 is 0. The molecule has 3 N–H and O–H groups in total. The minimum Gasteiger partial charge on any atom is -0.466 e. The minimum absolute atomic E-state index is 0.0396. The standard InChI is InChI=1S/C23H30FN9O/c1-21(2)10-13(22(3,4)30-21)11-25-18-16(24)12-26-20(28-18)27-14-7-8-17-15(9-14)19-29-31-32-33(19)23(5,6)34-17/h7-9,12-13,30H,10-11H2,1-6H3,(H2,25,26,27,28). The second-order valence-electron chi connectivity index (χ2n) is 10.7. The van der Waals surface area contributed by atoms with Crippen LogP contribution < -0.4 is 20.7 Å². The highest BCUT2D eigenvalue weighted by atomic mass is 19.1. The van der Waals surface area contributed by atoms with E-state index in [9.17, 15) is 4.39 Å². The van der Waals surface area contributed by atoms with Gasteiger partial charge in [-0.1, -0.05) is 0 Å². The number of ether oxygens (including phenoxy) is 1. The fourth-order valence-electron chi connectivity index (χ4n) is 5.03. The Morgan fingerprint density at radius 1 is 1.21 bits per heavy atom. The lowest BCUT2D eigenvalue weighted by Crippen LogP contribution is -2.46. The second-order valence-corrected chi connectivity index (χ2v) is 10.7. The third kappa shape index (κ3) is 4.04. The number of hydrogen-bond donors (Lipinski definition) is 3. The number of rotatable bonds is 5. The molecule has 1 unspecified atom stereocenters. The molecule has 34 heavy (non-hydrogen) atoms. The van der Waals surface area contributed by atoms with Crippen LogP contribution in [-0.4, -0.2) is 47.8 Å². The molecule has 0 amide bonds. The van der Waals surface area contributed by atoms with Crippen LogP contribution in [0.2, 0.25) is 0 Å². The molecule has 2 aliphatic heterocycles. The third-order valence-electron chi connectivity index (χ3n) is 6.51. The maximum absolute atomic E-state index is 14.5. The smallest absolute Gasteiger partial charge is 0.229 e. The van der Waals surface area contributed by atoms with E-state index in [2.05, 4.69) is 69.1 Å². The number of nitrogens with zero attached hydrogens (tertiary/aromatic N) is 6. The molecular weight excluding hydrogens is 437 g/mol. The van der Waals surface area contributed by atoms with Gasteiger partial charge >= 0.3 is 0 Å². The molecule has 0 bridgehead atoms. The zero-order chi connectivity index (χ0) is 24.3. The maximum atomic E-state index is 14.5. The van der Waals surface area contributed by atoms with Crippen LogP contribution in [0, 0.1) is 11.7 Å². The zero-order valence-corrected chi connectivity index (χ0v) is 20.3. The van der Waals surface area contributed by atoms with Crippen molar-refractivity contribution in [3.05, 3.63) is 30.2 Å². The Balaban J connectivity index is 1.34. The summed E-state index contributed by atoms with van der Waals surface area (Å²) < 4.78 is 22.2. The number of halogens is 1. The second kappa shape index (κ2) is 7.59. The van der Waals surface area contributed by atoms with Gasteiger partial charge in [-0.3, -0.25) is 0 Å². The van der Waals surface area contributed by atoms with Crippen LogP contribution >= 0.6 is 0 Å². The first-order chi connectivity index (χ1) is 15.9. The number of aromatic nitrogens is 6. The Hall–Kier alpha value is -3.34. The molecule has 0 spiro atoms. The number of anilines is 3. The molecule has 2 aromatic heterocycles. The van der Waals surface area contributed by atoms with Crippen LogP contribution in [0.4, 0.5) is 21.8 Å². The summed E-state index contributed by atoms with van der Waals surface area (Å²) in [4.78, 5) is 8.49. The molecule has 0 aliphatic carbocycles. The zero-order valence-electron chi connectivity index (χ0n) is 20.3. The summed E-state index contributed by atoms with van der Waals surface area (Å²) in [5.41, 5.74) is 0.735. The van der Waals surface area contributed by atoms with Gasteiger partial charge in [-0.25, -0.2) is 9.37 Å². The molecule has 4 heterocycles. The van der Waals surface area contributed by atoms with Gasteiger partial charge < -0.3 is 20.7 Å². The van der Waals surface area contributed by atoms with E-state index in [1.54, 1.807) is 4.68 Å². The summed E-state index contributed by atoms with van der Waals surface area (Å²) in [7, 11) is 0. The number of benzene rings is 1. The van der Waals surface area contributed by atoms with Crippen molar-refractivity contribution in [2.75, 3.05) is 17.2 Å². The molecule has 1 atom stereocenters. The normalized spacial score (nSPS) is 21.3. The SMILES string of the molecule is CC1(C)CC(CNc2nc(Nc3ccc4c(c3)-c3nnnn3C(C)(C)O4)ncc2F)C(C)(C)N1. The summed E-state index contributed by atoms with van der Waals surface area (Å²) in [6, 6.07) is 5.56. The first-order valence-corrected chi connectivity index (χ1v) is 11.4. The number of fused-ring (bicyclic) bond motifs is 3. The van der Waals surface area contributed by atoms with Crippen molar-refractivity contribution >= 4 is 17.5 Å². The first-order valence-electron chi connectivity index (χ1n) is 11.4. The molecule has 1 fully saturated rings. The Kier molecular flexibility index (Phi) is 5.01. The van der Waals surface area contributed by atoms with Crippen LogP contribution in [0.25, 0.3) is 11.4 Å². The van der Waals surface area contributed by atoms with E-state index in [0.29, 0.717) is 29.7 Å². The Morgan fingerprint density at radius 3 is 2.74 bits per heavy atom. The monoisotopic (exact) mass is 467 g/mol. The summed E-state index contributed by atoms with van der Waals surface area (Å²) in [6.45, 7) is 13.1. The van der Waals surface area contributed by atoms with Crippen LogP contribution in [-0.2, 0) is 5.72 Å². The van der Waals surface area contributed by atoms with E-state index in [1.165, 1.54) is 6.20 Å². The van der Waals surface area contributed by atoms with Crippen molar-refractivity contribution in [3.63, 3.8) is 0 Å². The third-order valence-corrected chi connectivity index (χ3v) is 6.51. The maximum Gasteiger partial charge on any atom is 0.229 e. The van der Waals surface area contributed by atoms with Crippen molar-refractivity contribution in [3.8, 4) is 17.1 Å². The average molecular weight is 468 g/mol. The summed E-state index contributed by atoms with van der Waals surface area (Å²) in [5.74, 6) is 1.57. The molecule has 10 nitrogen and oxygen atoms in total. The van der Waals surface area contributed by atoms with Gasteiger partial charge in [-0.2, -0.15) is 9.67 Å². The highest BCUT2D eigenvalue weighted by molar-refractivity contribution is 5.72. The Bertz CT molecular complexity index is 1240. The highest BCUT2D eigenvalue weighted by Crippen LogP contribution is 2.40. The van der Waals surface area contributed by atoms with Gasteiger partial charge in [0.15, 0.2) is 17.5 Å².